The lowest BCUT2D eigenvalue weighted by molar-refractivity contribution is -0.139. The third-order valence-electron chi connectivity index (χ3n) is 7.09. The first-order valence-corrected chi connectivity index (χ1v) is 15.3. The van der Waals surface area contributed by atoms with Crippen molar-refractivity contribution in [2.24, 2.45) is 5.73 Å². The van der Waals surface area contributed by atoms with Crippen molar-refractivity contribution in [1.82, 2.24) is 16.0 Å². The number of ether oxygens (including phenoxy) is 4. The van der Waals surface area contributed by atoms with Gasteiger partial charge in [-0.3, -0.25) is 9.59 Å². The van der Waals surface area contributed by atoms with E-state index in [1.165, 1.54) is 7.11 Å². The van der Waals surface area contributed by atoms with Crippen molar-refractivity contribution in [3.63, 3.8) is 0 Å². The maximum Gasteiger partial charge on any atom is 0.408 e. The third-order valence-corrected chi connectivity index (χ3v) is 7.43. The van der Waals surface area contributed by atoms with Crippen LogP contribution in [0.25, 0.3) is 0 Å². The number of esters is 2. The number of rotatable bonds is 16. The molecule has 1 aliphatic rings. The lowest BCUT2D eigenvalue weighted by Gasteiger charge is -2.31. The van der Waals surface area contributed by atoms with Gasteiger partial charge in [-0.2, -0.15) is 0 Å². The van der Waals surface area contributed by atoms with Crippen LogP contribution in [0.3, 0.4) is 0 Å². The minimum absolute atomic E-state index is 0.00923. The van der Waals surface area contributed by atoms with Crippen molar-refractivity contribution in [3.05, 3.63) is 93.3 Å². The fourth-order valence-electron chi connectivity index (χ4n) is 4.85. The van der Waals surface area contributed by atoms with Gasteiger partial charge in [0.25, 0.3) is 0 Å². The number of nitrogens with one attached hydrogen (secondary N) is 3. The van der Waals surface area contributed by atoms with Gasteiger partial charge in [-0.1, -0.05) is 60.1 Å². The molecule has 0 aliphatic carbocycles. The summed E-state index contributed by atoms with van der Waals surface area (Å²) in [7, 11) is 1.25. The Balaban J connectivity index is 1.58. The number of nitrogens with two attached hydrogens (primary N) is 1. The van der Waals surface area contributed by atoms with Crippen LogP contribution in [0.15, 0.2) is 77.1 Å². The quantitative estimate of drug-likeness (QED) is 0.118. The van der Waals surface area contributed by atoms with E-state index in [1.807, 2.05) is 6.07 Å². The van der Waals surface area contributed by atoms with E-state index in [4.69, 9.17) is 36.3 Å². The number of allylic oxidation sites excluding steroid dienone is 1. The van der Waals surface area contributed by atoms with Gasteiger partial charge in [0.05, 0.1) is 49.7 Å². The third kappa shape index (κ3) is 10.6. The molecule has 1 aliphatic heterocycles. The minimum atomic E-state index is -1.11. The molecule has 2 atom stereocenters. The van der Waals surface area contributed by atoms with Crippen LogP contribution in [0.5, 0.6) is 0 Å². The Morgan fingerprint density at radius 1 is 0.957 bits per heavy atom. The maximum absolute atomic E-state index is 13.3. The number of benzene rings is 2. The Morgan fingerprint density at radius 2 is 1.66 bits per heavy atom. The molecule has 47 heavy (non-hydrogen) atoms. The number of alkyl carbamates (subject to hydrolysis) is 1. The molecule has 0 spiro atoms. The molecule has 3 amide bonds. The van der Waals surface area contributed by atoms with Crippen LogP contribution in [0.1, 0.15) is 43.7 Å². The number of carbonyl (C=O) groups excluding carboxylic acids is 5. The van der Waals surface area contributed by atoms with Crippen molar-refractivity contribution >= 4 is 41.4 Å². The molecule has 1 heterocycles. The number of hydrogen-bond donors (Lipinski definition) is 4. The molecule has 14 heteroatoms. The number of halogens is 1. The number of primary amides is 1. The molecule has 252 valence electrons. The predicted octanol–water partition coefficient (Wildman–Crippen LogP) is 2.98. The summed E-state index contributed by atoms with van der Waals surface area (Å²) in [6.45, 7) is 3.51. The summed E-state index contributed by atoms with van der Waals surface area (Å²) in [5.74, 6) is -3.40. The summed E-state index contributed by atoms with van der Waals surface area (Å²) < 4.78 is 21.3. The largest absolute Gasteiger partial charge is 0.466 e. The van der Waals surface area contributed by atoms with Crippen molar-refractivity contribution in [2.75, 3.05) is 33.5 Å². The number of carbonyl (C=O) groups is 5. The molecule has 0 saturated carbocycles. The lowest BCUT2D eigenvalue weighted by Crippen LogP contribution is -2.45. The molecule has 0 aromatic heterocycles. The fourth-order valence-corrected chi connectivity index (χ4v) is 5.10. The predicted molar refractivity (Wildman–Crippen MR) is 172 cm³/mol. The van der Waals surface area contributed by atoms with Crippen LogP contribution in [-0.2, 0) is 44.7 Å². The van der Waals surface area contributed by atoms with Crippen molar-refractivity contribution in [3.8, 4) is 0 Å². The molecular weight excluding hydrogens is 632 g/mol. The van der Waals surface area contributed by atoms with Gasteiger partial charge in [0.15, 0.2) is 0 Å². The second-order valence-electron chi connectivity index (χ2n) is 10.3. The summed E-state index contributed by atoms with van der Waals surface area (Å²) in [6, 6.07) is 14.7. The van der Waals surface area contributed by atoms with Gasteiger partial charge < -0.3 is 40.6 Å². The van der Waals surface area contributed by atoms with Crippen LogP contribution in [0, 0.1) is 0 Å². The van der Waals surface area contributed by atoms with Crippen LogP contribution < -0.4 is 21.7 Å². The van der Waals surface area contributed by atoms with E-state index in [0.717, 1.165) is 5.56 Å². The van der Waals surface area contributed by atoms with E-state index in [2.05, 4.69) is 16.0 Å². The second-order valence-corrected chi connectivity index (χ2v) is 10.7. The number of hydrogen-bond acceptors (Lipinski definition) is 10. The zero-order chi connectivity index (χ0) is 34.3. The molecule has 0 radical (unpaired) electrons. The van der Waals surface area contributed by atoms with E-state index in [9.17, 15) is 24.0 Å². The van der Waals surface area contributed by atoms with Crippen LogP contribution in [0.2, 0.25) is 5.02 Å². The van der Waals surface area contributed by atoms with Gasteiger partial charge in [0.2, 0.25) is 11.8 Å². The molecule has 2 aromatic rings. The molecule has 1 unspecified atom stereocenters. The summed E-state index contributed by atoms with van der Waals surface area (Å²) in [4.78, 5) is 62.6. The summed E-state index contributed by atoms with van der Waals surface area (Å²) in [5, 5.41) is 8.48. The van der Waals surface area contributed by atoms with E-state index in [1.54, 1.807) is 62.4 Å². The van der Waals surface area contributed by atoms with Gasteiger partial charge in [-0.15, -0.1) is 0 Å². The molecule has 5 N–H and O–H groups in total. The van der Waals surface area contributed by atoms with Crippen LogP contribution >= 0.6 is 11.6 Å². The molecule has 0 bridgehead atoms. The topological polar surface area (TPSA) is 184 Å². The van der Waals surface area contributed by atoms with E-state index in [-0.39, 0.29) is 57.0 Å². The second kappa shape index (κ2) is 18.3. The van der Waals surface area contributed by atoms with Crippen LogP contribution in [-0.4, -0.2) is 69.4 Å². The normalized spacial score (nSPS) is 14.9. The van der Waals surface area contributed by atoms with Crippen LogP contribution in [0.4, 0.5) is 4.79 Å². The van der Waals surface area contributed by atoms with Crippen molar-refractivity contribution < 1.29 is 42.9 Å². The highest BCUT2D eigenvalue weighted by Crippen LogP contribution is 2.41. The molecule has 0 saturated heterocycles. The average Bonchev–Trinajstić information content (AvgIpc) is 3.05. The Bertz CT molecular complexity index is 1510. The number of amides is 3. The first-order valence-electron chi connectivity index (χ1n) is 14.9. The Kier molecular flexibility index (Phi) is 14.3. The Hall–Kier alpha value is -4.88. The maximum atomic E-state index is 13.3. The van der Waals surface area contributed by atoms with Gasteiger partial charge in [-0.05, 0) is 37.5 Å². The van der Waals surface area contributed by atoms with E-state index in [0.29, 0.717) is 22.0 Å². The highest BCUT2D eigenvalue weighted by Gasteiger charge is 2.39. The SMILES string of the molecule is CCOC(=O)C1=C(COCCNC(=O)CC[C@H](NC(=O)OCc2ccccc2)C(N)=O)NC(C)=C(C(=O)OC)C1c1ccccc1Cl. The minimum Gasteiger partial charge on any atom is -0.466 e. The van der Waals surface area contributed by atoms with Gasteiger partial charge >= 0.3 is 18.0 Å². The molecule has 0 fully saturated rings. The smallest absolute Gasteiger partial charge is 0.408 e. The molecule has 3 rings (SSSR count). The monoisotopic (exact) mass is 670 g/mol. The van der Waals surface area contributed by atoms with E-state index >= 15 is 0 Å². The fraction of sp³-hybridized carbons (Fsp3) is 0.364. The number of dihydropyridines is 1. The molecule has 13 nitrogen and oxygen atoms in total. The zero-order valence-electron chi connectivity index (χ0n) is 26.4. The zero-order valence-corrected chi connectivity index (χ0v) is 27.2. The van der Waals surface area contributed by atoms with Gasteiger partial charge in [0.1, 0.15) is 12.6 Å². The summed E-state index contributed by atoms with van der Waals surface area (Å²) >= 11 is 6.52. The highest BCUT2D eigenvalue weighted by atomic mass is 35.5. The van der Waals surface area contributed by atoms with Crippen molar-refractivity contribution in [2.45, 2.75) is 45.3 Å². The molecule has 2 aromatic carbocycles. The Labute approximate surface area is 277 Å². The average molecular weight is 671 g/mol. The van der Waals surface area contributed by atoms with Gasteiger partial charge in [0, 0.05) is 23.7 Å². The van der Waals surface area contributed by atoms with E-state index < -0.39 is 41.8 Å². The first-order chi connectivity index (χ1) is 22.6. The molecular formula is C33H39ClN4O9. The summed E-state index contributed by atoms with van der Waals surface area (Å²) in [6.07, 6.45) is -0.980. The first kappa shape index (κ1) is 36.6. The highest BCUT2D eigenvalue weighted by molar-refractivity contribution is 6.31. The summed E-state index contributed by atoms with van der Waals surface area (Å²) in [5.41, 5.74) is 7.83. The number of methoxy groups -OCH3 is 1. The lowest BCUT2D eigenvalue weighted by atomic mass is 9.80. The van der Waals surface area contributed by atoms with Gasteiger partial charge in [-0.25, -0.2) is 14.4 Å². The van der Waals surface area contributed by atoms with Crippen molar-refractivity contribution in [1.29, 1.82) is 0 Å². The Morgan fingerprint density at radius 3 is 2.32 bits per heavy atom. The standard InChI is InChI=1S/C33H39ClN4O9/c1-4-46-32(42)29-25(37-20(2)27(31(41)44-3)28(29)22-12-8-9-13-23(22)34)19-45-17-16-36-26(39)15-14-24(30(35)40)38-33(43)47-18-21-10-6-5-7-11-21/h5-13,24,28,37H,4,14-19H2,1-3H3,(H2,35,40)(H,36,39)(H,38,43)/t24-,28?/m0/s1.